The Bertz CT molecular complexity index is 789. The maximum atomic E-state index is 12.8. The number of halogens is 3. The molecule has 0 saturated heterocycles. The first-order valence-corrected chi connectivity index (χ1v) is 8.16. The van der Waals surface area contributed by atoms with Crippen LogP contribution in [0, 0.1) is 0 Å². The van der Waals surface area contributed by atoms with Gasteiger partial charge in [0.2, 0.25) is 0 Å². The van der Waals surface area contributed by atoms with Gasteiger partial charge in [0.25, 0.3) is 5.91 Å². The number of fused-ring (bicyclic) bond motifs is 1. The first-order valence-electron chi connectivity index (χ1n) is 7.02. The third-order valence-electron chi connectivity index (χ3n) is 3.66. The van der Waals surface area contributed by atoms with Crippen LogP contribution in [0.1, 0.15) is 19.4 Å². The van der Waals surface area contributed by atoms with Gasteiger partial charge >= 0.3 is 0 Å². The lowest BCUT2D eigenvalue weighted by molar-refractivity contribution is -0.132. The van der Waals surface area contributed by atoms with Crippen LogP contribution in [0.4, 0.5) is 5.69 Å². The van der Waals surface area contributed by atoms with E-state index in [9.17, 15) is 4.79 Å². The number of anilines is 1. The SMILES string of the molecule is CC1(C)Oc2ccc(Cl)cc2N(Cc2ccc(Cl)c(Cl)c2)C1=O. The van der Waals surface area contributed by atoms with Crippen LogP contribution in [0.3, 0.4) is 0 Å². The van der Waals surface area contributed by atoms with Gasteiger partial charge in [-0.1, -0.05) is 40.9 Å². The highest BCUT2D eigenvalue weighted by Crippen LogP contribution is 2.40. The summed E-state index contributed by atoms with van der Waals surface area (Å²) in [7, 11) is 0. The Morgan fingerprint density at radius 1 is 1.04 bits per heavy atom. The minimum atomic E-state index is -0.947. The maximum absolute atomic E-state index is 12.8. The van der Waals surface area contributed by atoms with Crippen LogP contribution in [0.15, 0.2) is 36.4 Å². The van der Waals surface area contributed by atoms with Gasteiger partial charge in [-0.05, 0) is 49.7 Å². The second-order valence-electron chi connectivity index (χ2n) is 5.86. The molecule has 2 aromatic carbocycles. The molecule has 0 N–H and O–H groups in total. The van der Waals surface area contributed by atoms with E-state index in [2.05, 4.69) is 0 Å². The average Bonchev–Trinajstić information content (AvgIpc) is 2.48. The molecule has 0 atom stereocenters. The van der Waals surface area contributed by atoms with E-state index in [1.807, 2.05) is 6.07 Å². The Labute approximate surface area is 149 Å². The fraction of sp³-hybridized carbons (Fsp3) is 0.235. The summed E-state index contributed by atoms with van der Waals surface area (Å²) in [4.78, 5) is 14.4. The molecular weight excluding hydrogens is 357 g/mol. The van der Waals surface area contributed by atoms with Gasteiger partial charge < -0.3 is 9.64 Å². The van der Waals surface area contributed by atoms with Gasteiger partial charge in [-0.25, -0.2) is 0 Å². The normalized spacial score (nSPS) is 16.0. The number of rotatable bonds is 2. The van der Waals surface area contributed by atoms with Crippen molar-refractivity contribution in [1.82, 2.24) is 0 Å². The van der Waals surface area contributed by atoms with E-state index in [0.717, 1.165) is 5.56 Å². The van der Waals surface area contributed by atoms with E-state index < -0.39 is 5.60 Å². The van der Waals surface area contributed by atoms with E-state index in [4.69, 9.17) is 39.5 Å². The van der Waals surface area contributed by atoms with Crippen LogP contribution in [0.2, 0.25) is 15.1 Å². The Morgan fingerprint density at radius 2 is 1.78 bits per heavy atom. The van der Waals surface area contributed by atoms with Crippen molar-refractivity contribution in [3.8, 4) is 5.75 Å². The molecule has 0 unspecified atom stereocenters. The Balaban J connectivity index is 2.04. The molecule has 0 aliphatic carbocycles. The van der Waals surface area contributed by atoms with Gasteiger partial charge in [0.1, 0.15) is 5.75 Å². The zero-order valence-electron chi connectivity index (χ0n) is 12.6. The molecule has 1 aliphatic heterocycles. The molecule has 6 heteroatoms. The predicted octanol–water partition coefficient (Wildman–Crippen LogP) is 5.35. The van der Waals surface area contributed by atoms with E-state index in [1.54, 1.807) is 49.1 Å². The predicted molar refractivity (Wildman–Crippen MR) is 93.8 cm³/mol. The number of nitrogens with zero attached hydrogens (tertiary/aromatic N) is 1. The van der Waals surface area contributed by atoms with Gasteiger partial charge in [-0.3, -0.25) is 4.79 Å². The topological polar surface area (TPSA) is 29.5 Å². The third-order valence-corrected chi connectivity index (χ3v) is 4.64. The summed E-state index contributed by atoms with van der Waals surface area (Å²) in [6, 6.07) is 10.5. The molecule has 1 aliphatic rings. The molecule has 1 heterocycles. The van der Waals surface area contributed by atoms with E-state index in [-0.39, 0.29) is 5.91 Å². The third kappa shape index (κ3) is 3.14. The molecule has 2 aromatic rings. The number of carbonyl (C=O) groups is 1. The second kappa shape index (κ2) is 5.90. The van der Waals surface area contributed by atoms with Gasteiger partial charge in [-0.15, -0.1) is 0 Å². The molecule has 0 saturated carbocycles. The molecular formula is C17H14Cl3NO2. The van der Waals surface area contributed by atoms with Crippen molar-refractivity contribution in [2.24, 2.45) is 0 Å². The Morgan fingerprint density at radius 3 is 2.48 bits per heavy atom. The monoisotopic (exact) mass is 369 g/mol. The van der Waals surface area contributed by atoms with Crippen molar-refractivity contribution < 1.29 is 9.53 Å². The number of hydrogen-bond donors (Lipinski definition) is 0. The van der Waals surface area contributed by atoms with Gasteiger partial charge in [0.15, 0.2) is 5.60 Å². The van der Waals surface area contributed by atoms with Crippen molar-refractivity contribution in [2.45, 2.75) is 26.0 Å². The molecule has 1 amide bonds. The number of ether oxygens (including phenoxy) is 1. The molecule has 120 valence electrons. The first kappa shape index (κ1) is 16.4. The maximum Gasteiger partial charge on any atom is 0.271 e. The van der Waals surface area contributed by atoms with Crippen LogP contribution < -0.4 is 9.64 Å². The number of carbonyl (C=O) groups excluding carboxylic acids is 1. The molecule has 0 spiro atoms. The highest BCUT2D eigenvalue weighted by molar-refractivity contribution is 6.42. The summed E-state index contributed by atoms with van der Waals surface area (Å²) in [5.41, 5.74) is 0.570. The summed E-state index contributed by atoms with van der Waals surface area (Å²) in [6.45, 7) is 3.85. The van der Waals surface area contributed by atoms with Crippen LogP contribution in [-0.2, 0) is 11.3 Å². The van der Waals surface area contributed by atoms with Crippen molar-refractivity contribution in [2.75, 3.05) is 4.90 Å². The van der Waals surface area contributed by atoms with Gasteiger partial charge in [0.05, 0.1) is 22.3 Å². The first-order chi connectivity index (χ1) is 10.8. The molecule has 3 rings (SSSR count). The fourth-order valence-electron chi connectivity index (χ4n) is 2.52. The zero-order valence-corrected chi connectivity index (χ0v) is 14.8. The molecule has 3 nitrogen and oxygen atoms in total. The lowest BCUT2D eigenvalue weighted by Gasteiger charge is -2.39. The van der Waals surface area contributed by atoms with Crippen LogP contribution in [0.25, 0.3) is 0 Å². The number of benzene rings is 2. The average molecular weight is 371 g/mol. The lowest BCUT2D eigenvalue weighted by Crippen LogP contribution is -2.52. The standard InChI is InChI=1S/C17H14Cl3NO2/c1-17(2)16(22)21(9-10-3-5-12(19)13(20)7-10)14-8-11(18)4-6-15(14)23-17/h3-8H,9H2,1-2H3. The Kier molecular flexibility index (Phi) is 4.21. The summed E-state index contributed by atoms with van der Waals surface area (Å²) in [6.07, 6.45) is 0. The van der Waals surface area contributed by atoms with Crippen molar-refractivity contribution >= 4 is 46.4 Å². The fourth-order valence-corrected chi connectivity index (χ4v) is 3.01. The van der Waals surface area contributed by atoms with E-state index >= 15 is 0 Å². The number of hydrogen-bond acceptors (Lipinski definition) is 2. The lowest BCUT2D eigenvalue weighted by atomic mass is 10.0. The molecule has 23 heavy (non-hydrogen) atoms. The second-order valence-corrected chi connectivity index (χ2v) is 7.12. The van der Waals surface area contributed by atoms with Gasteiger partial charge in [-0.2, -0.15) is 0 Å². The largest absolute Gasteiger partial charge is 0.476 e. The minimum Gasteiger partial charge on any atom is -0.476 e. The van der Waals surface area contributed by atoms with Crippen LogP contribution in [0.5, 0.6) is 5.75 Å². The summed E-state index contributed by atoms with van der Waals surface area (Å²) in [5, 5.41) is 1.47. The van der Waals surface area contributed by atoms with E-state index in [1.165, 1.54) is 0 Å². The van der Waals surface area contributed by atoms with Crippen molar-refractivity contribution in [3.05, 3.63) is 57.0 Å². The van der Waals surface area contributed by atoms with Crippen molar-refractivity contribution in [1.29, 1.82) is 0 Å². The van der Waals surface area contributed by atoms with E-state index in [0.29, 0.717) is 33.0 Å². The smallest absolute Gasteiger partial charge is 0.271 e. The number of amides is 1. The molecule has 0 fully saturated rings. The van der Waals surface area contributed by atoms with Crippen LogP contribution >= 0.6 is 34.8 Å². The highest BCUT2D eigenvalue weighted by atomic mass is 35.5. The highest BCUT2D eigenvalue weighted by Gasteiger charge is 2.40. The van der Waals surface area contributed by atoms with Crippen LogP contribution in [-0.4, -0.2) is 11.5 Å². The van der Waals surface area contributed by atoms with Crippen molar-refractivity contribution in [3.63, 3.8) is 0 Å². The molecule has 0 aromatic heterocycles. The quantitative estimate of drug-likeness (QED) is 0.713. The minimum absolute atomic E-state index is 0.140. The van der Waals surface area contributed by atoms with Gasteiger partial charge in [0, 0.05) is 5.02 Å². The summed E-state index contributed by atoms with van der Waals surface area (Å²) >= 11 is 18.1. The molecule has 0 bridgehead atoms. The summed E-state index contributed by atoms with van der Waals surface area (Å²) in [5.74, 6) is 0.484. The summed E-state index contributed by atoms with van der Waals surface area (Å²) < 4.78 is 5.80. The molecule has 0 radical (unpaired) electrons. The zero-order chi connectivity index (χ0) is 16.8. The Hall–Kier alpha value is -1.42.